The van der Waals surface area contributed by atoms with E-state index in [0.29, 0.717) is 5.82 Å². The molecule has 108 valence electrons. The van der Waals surface area contributed by atoms with Crippen molar-refractivity contribution in [3.8, 4) is 0 Å². The van der Waals surface area contributed by atoms with Crippen LogP contribution < -0.4 is 16.2 Å². The summed E-state index contributed by atoms with van der Waals surface area (Å²) in [4.78, 5) is 13.3. The average molecular weight is 266 g/mol. The van der Waals surface area contributed by atoms with E-state index >= 15 is 0 Å². The first kappa shape index (κ1) is 15.7. The third kappa shape index (κ3) is 4.33. The number of aryl methyl sites for hydroxylation is 1. The van der Waals surface area contributed by atoms with Crippen molar-refractivity contribution in [3.63, 3.8) is 0 Å². The predicted octanol–water partition coefficient (Wildman–Crippen LogP) is 1.02. The van der Waals surface area contributed by atoms with Crippen molar-refractivity contribution >= 4 is 11.6 Å². The van der Waals surface area contributed by atoms with Gasteiger partial charge >= 0.3 is 0 Å². The van der Waals surface area contributed by atoms with E-state index < -0.39 is 0 Å². The highest BCUT2D eigenvalue weighted by atomic mass is 15.3. The maximum atomic E-state index is 5.52. The van der Waals surface area contributed by atoms with Gasteiger partial charge in [0.2, 0.25) is 0 Å². The molecule has 3 N–H and O–H groups in total. The molecule has 1 aromatic rings. The molecule has 0 spiro atoms. The molecule has 1 aromatic heterocycles. The van der Waals surface area contributed by atoms with Gasteiger partial charge in [0.15, 0.2) is 0 Å². The molecule has 0 aliphatic carbocycles. The Balaban J connectivity index is 2.85. The number of nitrogen functional groups attached to an aromatic ring is 1. The monoisotopic (exact) mass is 266 g/mol. The number of hydrogen-bond donors (Lipinski definition) is 2. The van der Waals surface area contributed by atoms with Gasteiger partial charge in [-0.25, -0.2) is 15.8 Å². The molecular formula is C13H26N6. The van der Waals surface area contributed by atoms with E-state index in [0.717, 1.165) is 43.1 Å². The van der Waals surface area contributed by atoms with Gasteiger partial charge in [0, 0.05) is 25.6 Å². The van der Waals surface area contributed by atoms with Gasteiger partial charge in [0.1, 0.15) is 17.5 Å². The third-order valence-corrected chi connectivity index (χ3v) is 3.08. The molecule has 6 nitrogen and oxygen atoms in total. The minimum Gasteiger partial charge on any atom is -0.359 e. The molecule has 1 heterocycles. The normalized spacial score (nSPS) is 10.9. The Bertz CT molecular complexity index is 404. The van der Waals surface area contributed by atoms with Crippen molar-refractivity contribution in [3.05, 3.63) is 11.4 Å². The molecule has 0 aliphatic rings. The van der Waals surface area contributed by atoms with Crippen LogP contribution in [0.25, 0.3) is 0 Å². The van der Waals surface area contributed by atoms with Gasteiger partial charge in [-0.05, 0) is 34.0 Å². The summed E-state index contributed by atoms with van der Waals surface area (Å²) in [5, 5.41) is 0. The highest BCUT2D eigenvalue weighted by molar-refractivity contribution is 5.57. The summed E-state index contributed by atoms with van der Waals surface area (Å²) in [7, 11) is 6.23. The minimum atomic E-state index is 0.710. The molecule has 0 radical (unpaired) electrons. The average Bonchev–Trinajstić information content (AvgIpc) is 2.38. The lowest BCUT2D eigenvalue weighted by Gasteiger charge is -2.22. The maximum absolute atomic E-state index is 5.52. The lowest BCUT2D eigenvalue weighted by molar-refractivity contribution is 0.401. The van der Waals surface area contributed by atoms with Crippen molar-refractivity contribution < 1.29 is 0 Å². The van der Waals surface area contributed by atoms with Crippen molar-refractivity contribution in [2.45, 2.75) is 26.7 Å². The summed E-state index contributed by atoms with van der Waals surface area (Å²) in [6.45, 7) is 6.06. The van der Waals surface area contributed by atoms with E-state index in [1.54, 1.807) is 0 Å². The van der Waals surface area contributed by atoms with Crippen LogP contribution in [0.2, 0.25) is 0 Å². The Hall–Kier alpha value is -1.40. The lowest BCUT2D eigenvalue weighted by atomic mass is 10.2. The number of nitrogens with two attached hydrogens (primary N) is 1. The predicted molar refractivity (Wildman–Crippen MR) is 80.4 cm³/mol. The number of aromatic nitrogens is 2. The van der Waals surface area contributed by atoms with Crippen molar-refractivity contribution in [1.29, 1.82) is 0 Å². The van der Waals surface area contributed by atoms with E-state index in [1.165, 1.54) is 0 Å². The molecule has 0 saturated carbocycles. The first-order chi connectivity index (χ1) is 8.99. The van der Waals surface area contributed by atoms with E-state index in [2.05, 4.69) is 46.3 Å². The Labute approximate surface area is 116 Å². The van der Waals surface area contributed by atoms with E-state index in [9.17, 15) is 0 Å². The fourth-order valence-electron chi connectivity index (χ4n) is 1.95. The van der Waals surface area contributed by atoms with Gasteiger partial charge in [-0.1, -0.05) is 6.92 Å². The van der Waals surface area contributed by atoms with Crippen LogP contribution in [0.15, 0.2) is 0 Å². The summed E-state index contributed by atoms with van der Waals surface area (Å²) >= 11 is 0. The Kier molecular flexibility index (Phi) is 5.98. The van der Waals surface area contributed by atoms with Gasteiger partial charge < -0.3 is 15.2 Å². The SMILES string of the molecule is CCc1nc(NN)c(C)c(N(C)CCCN(C)C)n1. The summed E-state index contributed by atoms with van der Waals surface area (Å²) < 4.78 is 0. The number of hydrogen-bond acceptors (Lipinski definition) is 6. The number of nitrogens with zero attached hydrogens (tertiary/aromatic N) is 4. The van der Waals surface area contributed by atoms with Gasteiger partial charge in [-0.2, -0.15) is 0 Å². The fourth-order valence-corrected chi connectivity index (χ4v) is 1.95. The molecule has 6 heteroatoms. The van der Waals surface area contributed by atoms with E-state index in [1.807, 2.05) is 13.8 Å². The number of nitrogens with one attached hydrogen (secondary N) is 1. The van der Waals surface area contributed by atoms with Crippen molar-refractivity contribution in [2.75, 3.05) is 44.6 Å². The van der Waals surface area contributed by atoms with Crippen LogP contribution >= 0.6 is 0 Å². The zero-order valence-electron chi connectivity index (χ0n) is 12.7. The second-order valence-electron chi connectivity index (χ2n) is 5.01. The molecule has 0 unspecified atom stereocenters. The zero-order chi connectivity index (χ0) is 14.4. The van der Waals surface area contributed by atoms with Gasteiger partial charge in [-0.15, -0.1) is 0 Å². The quantitative estimate of drug-likeness (QED) is 0.567. The number of rotatable bonds is 7. The van der Waals surface area contributed by atoms with Gasteiger partial charge in [0.25, 0.3) is 0 Å². The first-order valence-corrected chi connectivity index (χ1v) is 6.69. The highest BCUT2D eigenvalue weighted by Crippen LogP contribution is 2.22. The molecule has 0 aliphatic heterocycles. The summed E-state index contributed by atoms with van der Waals surface area (Å²) in [6.07, 6.45) is 1.90. The second-order valence-corrected chi connectivity index (χ2v) is 5.01. The topological polar surface area (TPSA) is 70.3 Å². The van der Waals surface area contributed by atoms with Crippen LogP contribution in [0, 0.1) is 6.92 Å². The summed E-state index contributed by atoms with van der Waals surface area (Å²) in [5.41, 5.74) is 3.65. The number of anilines is 2. The maximum Gasteiger partial charge on any atom is 0.148 e. The standard InChI is InChI=1S/C13H26N6/c1-6-11-15-12(17-14)10(2)13(16-11)19(5)9-7-8-18(3)4/h6-9,14H2,1-5H3,(H,15,16,17). The minimum absolute atomic E-state index is 0.710. The molecule has 0 fully saturated rings. The highest BCUT2D eigenvalue weighted by Gasteiger charge is 2.13. The molecule has 0 amide bonds. The Morgan fingerprint density at radius 3 is 2.37 bits per heavy atom. The second kappa shape index (κ2) is 7.25. The van der Waals surface area contributed by atoms with Gasteiger partial charge in [0.05, 0.1) is 0 Å². The largest absolute Gasteiger partial charge is 0.359 e. The molecule has 0 bridgehead atoms. The Morgan fingerprint density at radius 2 is 1.84 bits per heavy atom. The lowest BCUT2D eigenvalue weighted by Crippen LogP contribution is -2.26. The van der Waals surface area contributed by atoms with Crippen LogP contribution in [-0.4, -0.2) is 49.1 Å². The Morgan fingerprint density at radius 1 is 1.16 bits per heavy atom. The van der Waals surface area contributed by atoms with Crippen molar-refractivity contribution in [2.24, 2.45) is 5.84 Å². The molecule has 1 rings (SSSR count). The van der Waals surface area contributed by atoms with Crippen LogP contribution in [0.5, 0.6) is 0 Å². The smallest absolute Gasteiger partial charge is 0.148 e. The number of hydrazine groups is 1. The first-order valence-electron chi connectivity index (χ1n) is 6.69. The summed E-state index contributed by atoms with van der Waals surface area (Å²) in [6, 6.07) is 0. The zero-order valence-corrected chi connectivity index (χ0v) is 12.7. The van der Waals surface area contributed by atoms with Crippen LogP contribution in [0.3, 0.4) is 0 Å². The van der Waals surface area contributed by atoms with Crippen LogP contribution in [-0.2, 0) is 6.42 Å². The molecule has 19 heavy (non-hydrogen) atoms. The molecule has 0 atom stereocenters. The van der Waals surface area contributed by atoms with E-state index in [4.69, 9.17) is 5.84 Å². The van der Waals surface area contributed by atoms with Crippen molar-refractivity contribution in [1.82, 2.24) is 14.9 Å². The summed E-state index contributed by atoms with van der Waals surface area (Å²) in [5.74, 6) is 8.00. The van der Waals surface area contributed by atoms with Crippen LogP contribution in [0.1, 0.15) is 24.7 Å². The van der Waals surface area contributed by atoms with E-state index in [-0.39, 0.29) is 0 Å². The van der Waals surface area contributed by atoms with Crippen LogP contribution in [0.4, 0.5) is 11.6 Å². The molecular weight excluding hydrogens is 240 g/mol. The molecule has 0 saturated heterocycles. The third-order valence-electron chi connectivity index (χ3n) is 3.08. The fraction of sp³-hybridized carbons (Fsp3) is 0.692. The molecule has 0 aromatic carbocycles. The van der Waals surface area contributed by atoms with Gasteiger partial charge in [-0.3, -0.25) is 0 Å².